The van der Waals surface area contributed by atoms with Crippen LogP contribution in [0.15, 0.2) is 59.9 Å². The van der Waals surface area contributed by atoms with Gasteiger partial charge in [0, 0.05) is 46.5 Å². The zero-order chi connectivity index (χ0) is 27.4. The second-order valence-electron chi connectivity index (χ2n) is 11.1. The van der Waals surface area contributed by atoms with E-state index in [2.05, 4.69) is 16.2 Å². The summed E-state index contributed by atoms with van der Waals surface area (Å²) in [7, 11) is 0. The van der Waals surface area contributed by atoms with Crippen molar-refractivity contribution in [3.05, 3.63) is 66.1 Å². The molecule has 2 saturated heterocycles. The van der Waals surface area contributed by atoms with Crippen LogP contribution in [0.25, 0.3) is 28.0 Å². The van der Waals surface area contributed by atoms with E-state index in [4.69, 9.17) is 26.8 Å². The first-order chi connectivity index (χ1) is 19.5. The second kappa shape index (κ2) is 9.55. The number of anilines is 1. The Hall–Kier alpha value is -4.60. The van der Waals surface area contributed by atoms with Gasteiger partial charge in [0.05, 0.1) is 17.6 Å². The number of aliphatic imine (C=N–C) groups is 1. The lowest BCUT2D eigenvalue weighted by Crippen LogP contribution is -2.50. The number of amidine groups is 1. The minimum Gasteiger partial charge on any atom is -0.383 e. The van der Waals surface area contributed by atoms with Crippen LogP contribution in [0.5, 0.6) is 0 Å². The van der Waals surface area contributed by atoms with Crippen molar-refractivity contribution >= 4 is 29.5 Å². The number of carbonyl (C=O) groups is 1. The largest absolute Gasteiger partial charge is 0.383 e. The summed E-state index contributed by atoms with van der Waals surface area (Å²) in [5.74, 6) is 0.856. The van der Waals surface area contributed by atoms with Gasteiger partial charge in [-0.25, -0.2) is 9.98 Å². The standard InChI is InChI=1S/C30H31N9O/c31-16-35-27(32)30(40)38-21-9-10-22(38)13-20(12-21)26-25(18-6-7-18)28(33)39-29(37-26)23(15-36-39)19-8-11-24(34-14-19)17-4-2-1-3-5-17/h1-5,8,11,14-16,18,20-22H,6-7,9-10,12-13,33H2,(H3,31,32,35)/t20?,21-,22?/m0/s1. The fourth-order valence-electron chi connectivity index (χ4n) is 6.67. The number of nitrogens with zero attached hydrogens (tertiary/aromatic N) is 6. The Bertz CT molecular complexity index is 1630. The molecule has 2 aliphatic heterocycles. The van der Waals surface area contributed by atoms with Crippen LogP contribution >= 0.6 is 0 Å². The molecule has 1 saturated carbocycles. The number of fused-ring (bicyclic) bond motifs is 3. The zero-order valence-corrected chi connectivity index (χ0v) is 22.1. The van der Waals surface area contributed by atoms with Crippen LogP contribution in [0, 0.1) is 5.41 Å². The van der Waals surface area contributed by atoms with Crippen molar-refractivity contribution in [1.82, 2.24) is 24.5 Å². The van der Waals surface area contributed by atoms with Gasteiger partial charge in [-0.2, -0.15) is 9.61 Å². The summed E-state index contributed by atoms with van der Waals surface area (Å²) < 4.78 is 1.78. The molecule has 3 atom stereocenters. The van der Waals surface area contributed by atoms with Crippen molar-refractivity contribution in [2.24, 2.45) is 10.7 Å². The van der Waals surface area contributed by atoms with Gasteiger partial charge in [-0.1, -0.05) is 36.4 Å². The maximum Gasteiger partial charge on any atom is 0.289 e. The topological polar surface area (TPSA) is 152 Å². The molecule has 10 nitrogen and oxygen atoms in total. The van der Waals surface area contributed by atoms with Crippen LogP contribution in [0.3, 0.4) is 0 Å². The molecule has 10 heteroatoms. The number of carbonyl (C=O) groups excluding carboxylic acids is 1. The van der Waals surface area contributed by atoms with Gasteiger partial charge in [0.15, 0.2) is 11.5 Å². The Morgan fingerprint density at radius 3 is 2.38 bits per heavy atom. The number of rotatable bonds is 5. The molecule has 0 spiro atoms. The molecule has 3 aromatic heterocycles. The fraction of sp³-hybridized carbons (Fsp3) is 0.333. The smallest absolute Gasteiger partial charge is 0.289 e. The van der Waals surface area contributed by atoms with Crippen LogP contribution in [-0.4, -0.2) is 54.6 Å². The number of nitrogen functional groups attached to an aromatic ring is 1. The molecular weight excluding hydrogens is 502 g/mol. The number of nitrogens with one attached hydrogen (secondary N) is 1. The number of piperidine rings is 1. The van der Waals surface area contributed by atoms with Crippen molar-refractivity contribution in [1.29, 1.82) is 5.41 Å². The first-order valence-electron chi connectivity index (χ1n) is 13.9. The molecule has 5 N–H and O–H groups in total. The summed E-state index contributed by atoms with van der Waals surface area (Å²) in [4.78, 5) is 28.6. The average molecular weight is 534 g/mol. The zero-order valence-electron chi connectivity index (χ0n) is 22.1. The minimum absolute atomic E-state index is 0.0705. The highest BCUT2D eigenvalue weighted by atomic mass is 16.2. The molecule has 3 fully saturated rings. The van der Waals surface area contributed by atoms with Crippen LogP contribution in [0.1, 0.15) is 61.6 Å². The van der Waals surface area contributed by atoms with E-state index >= 15 is 0 Å². The Labute approximate surface area is 231 Å². The second-order valence-corrected chi connectivity index (χ2v) is 11.1. The summed E-state index contributed by atoms with van der Waals surface area (Å²) >= 11 is 0. The average Bonchev–Trinajstić information content (AvgIpc) is 3.67. The summed E-state index contributed by atoms with van der Waals surface area (Å²) in [5.41, 5.74) is 19.4. The van der Waals surface area contributed by atoms with Crippen LogP contribution in [0.4, 0.5) is 5.82 Å². The Balaban J connectivity index is 1.25. The molecule has 7 rings (SSSR count). The van der Waals surface area contributed by atoms with Crippen molar-refractivity contribution in [3.8, 4) is 22.4 Å². The van der Waals surface area contributed by atoms with E-state index in [1.807, 2.05) is 53.7 Å². The fourth-order valence-corrected chi connectivity index (χ4v) is 6.67. The Morgan fingerprint density at radius 2 is 1.73 bits per heavy atom. The Kier molecular flexibility index (Phi) is 5.83. The van der Waals surface area contributed by atoms with E-state index in [1.165, 1.54) is 0 Å². The predicted octanol–water partition coefficient (Wildman–Crippen LogP) is 4.12. The number of pyridine rings is 1. The molecule has 1 amide bonds. The molecule has 1 aliphatic carbocycles. The van der Waals surface area contributed by atoms with Gasteiger partial charge in [0.25, 0.3) is 5.91 Å². The van der Waals surface area contributed by atoms with Gasteiger partial charge in [-0.05, 0) is 50.5 Å². The molecule has 3 aliphatic rings. The van der Waals surface area contributed by atoms with Crippen LogP contribution in [0.2, 0.25) is 0 Å². The van der Waals surface area contributed by atoms with Crippen molar-refractivity contribution in [3.63, 3.8) is 0 Å². The van der Waals surface area contributed by atoms with Crippen LogP contribution in [-0.2, 0) is 4.79 Å². The molecular formula is C30H31N9O. The van der Waals surface area contributed by atoms with Gasteiger partial charge >= 0.3 is 0 Å². The third-order valence-corrected chi connectivity index (χ3v) is 8.66. The van der Waals surface area contributed by atoms with Crippen LogP contribution < -0.4 is 11.5 Å². The molecule has 2 unspecified atom stereocenters. The van der Waals surface area contributed by atoms with Gasteiger partial charge in [0.2, 0.25) is 0 Å². The summed E-state index contributed by atoms with van der Waals surface area (Å²) in [5, 5.41) is 11.8. The van der Waals surface area contributed by atoms with E-state index in [1.54, 1.807) is 4.52 Å². The number of hydrogen-bond donors (Lipinski definition) is 3. The highest BCUT2D eigenvalue weighted by molar-refractivity contribution is 6.38. The normalized spacial score (nSPS) is 22.6. The molecule has 4 aromatic rings. The number of nitrogens with two attached hydrogens (primary N) is 2. The first kappa shape index (κ1) is 24.4. The lowest BCUT2D eigenvalue weighted by Gasteiger charge is -2.39. The highest BCUT2D eigenvalue weighted by Gasteiger charge is 2.46. The lowest BCUT2D eigenvalue weighted by atomic mass is 9.85. The highest BCUT2D eigenvalue weighted by Crippen LogP contribution is 2.50. The molecule has 5 heterocycles. The van der Waals surface area contributed by atoms with Gasteiger partial charge in [-0.3, -0.25) is 15.2 Å². The van der Waals surface area contributed by atoms with Crippen molar-refractivity contribution in [2.45, 2.75) is 62.4 Å². The van der Waals surface area contributed by atoms with Gasteiger partial charge in [-0.15, -0.1) is 0 Å². The van der Waals surface area contributed by atoms with E-state index in [0.717, 1.165) is 84.2 Å². The first-order valence-corrected chi connectivity index (χ1v) is 13.9. The van der Waals surface area contributed by atoms with E-state index in [0.29, 0.717) is 11.7 Å². The SMILES string of the molecule is N=CN=C(N)C(=O)N1C2CC[C@H]1CC(c1nc3c(-c4ccc(-c5ccccc5)nc4)cnn3c(N)c1C1CC1)C2. The summed E-state index contributed by atoms with van der Waals surface area (Å²) in [6.07, 6.45) is 10.2. The van der Waals surface area contributed by atoms with Crippen molar-refractivity contribution in [2.75, 3.05) is 5.73 Å². The number of aromatic nitrogens is 4. The monoisotopic (exact) mass is 533 g/mol. The van der Waals surface area contributed by atoms with E-state index in [9.17, 15) is 4.79 Å². The Morgan fingerprint density at radius 1 is 0.975 bits per heavy atom. The quantitative estimate of drug-likeness (QED) is 0.259. The number of hydrogen-bond acceptors (Lipinski definition) is 6. The summed E-state index contributed by atoms with van der Waals surface area (Å²) in [6, 6.07) is 14.3. The predicted molar refractivity (Wildman–Crippen MR) is 154 cm³/mol. The molecule has 202 valence electrons. The molecule has 40 heavy (non-hydrogen) atoms. The lowest BCUT2D eigenvalue weighted by molar-refractivity contribution is -0.128. The third kappa shape index (κ3) is 4.02. The maximum absolute atomic E-state index is 13.0. The molecule has 2 bridgehead atoms. The van der Waals surface area contributed by atoms with Crippen molar-refractivity contribution < 1.29 is 4.79 Å². The summed E-state index contributed by atoms with van der Waals surface area (Å²) in [6.45, 7) is 0. The van der Waals surface area contributed by atoms with Gasteiger partial charge in [0.1, 0.15) is 12.2 Å². The molecule has 0 radical (unpaired) electrons. The van der Waals surface area contributed by atoms with E-state index in [-0.39, 0.29) is 29.7 Å². The van der Waals surface area contributed by atoms with E-state index < -0.39 is 0 Å². The van der Waals surface area contributed by atoms with Gasteiger partial charge < -0.3 is 16.4 Å². The number of amides is 1. The molecule has 1 aromatic carbocycles. The minimum atomic E-state index is -0.274. The maximum atomic E-state index is 13.0. The number of benzene rings is 1. The third-order valence-electron chi connectivity index (χ3n) is 8.66.